The van der Waals surface area contributed by atoms with Crippen LogP contribution in [0, 0.1) is 5.41 Å². The largest absolute Gasteiger partial charge is 0.148 e. The minimum absolute atomic E-state index is 0.234. The molecule has 150 valence electrons. The van der Waals surface area contributed by atoms with Crippen molar-refractivity contribution in [2.24, 2.45) is 5.41 Å². The molecule has 0 amide bonds. The van der Waals surface area contributed by atoms with Crippen molar-refractivity contribution in [1.82, 2.24) is 0 Å². The summed E-state index contributed by atoms with van der Waals surface area (Å²) in [6.07, 6.45) is 14.2. The lowest BCUT2D eigenvalue weighted by Crippen LogP contribution is -2.22. The van der Waals surface area contributed by atoms with Crippen LogP contribution in [0.25, 0.3) is 0 Å². The average Bonchev–Trinajstić information content (AvgIpc) is 2.64. The molecule has 0 aromatic heterocycles. The highest BCUT2D eigenvalue weighted by atomic mass is 32.1. The summed E-state index contributed by atoms with van der Waals surface area (Å²) in [5.74, 6) is 0. The van der Waals surface area contributed by atoms with Crippen molar-refractivity contribution in [2.75, 3.05) is 0 Å². The molecule has 0 heterocycles. The highest BCUT2D eigenvalue weighted by molar-refractivity contribution is 7.84. The lowest BCUT2D eigenvalue weighted by molar-refractivity contribution is 0.199. The molecule has 0 aromatic rings. The Hall–Kier alpha value is -1.47. The number of rotatable bonds is 17. The second-order valence-electron chi connectivity index (χ2n) is 8.00. The SMILES string of the molecule is C=CC(=C)CCC(CCC(=C)C)(CCC(=C)C=C)CCC(=C)CCC(=C)S. The maximum atomic E-state index is 4.30. The van der Waals surface area contributed by atoms with Crippen molar-refractivity contribution in [1.29, 1.82) is 0 Å². The van der Waals surface area contributed by atoms with Gasteiger partial charge in [-0.25, -0.2) is 0 Å². The van der Waals surface area contributed by atoms with Crippen molar-refractivity contribution in [3.05, 3.63) is 85.4 Å². The highest BCUT2D eigenvalue weighted by Crippen LogP contribution is 2.43. The first-order valence-corrected chi connectivity index (χ1v) is 10.4. The average molecular weight is 385 g/mol. The topological polar surface area (TPSA) is 0 Å². The molecule has 0 radical (unpaired) electrons. The molecule has 0 fully saturated rings. The quantitative estimate of drug-likeness (QED) is 0.144. The van der Waals surface area contributed by atoms with Crippen molar-refractivity contribution in [3.63, 3.8) is 0 Å². The molecule has 0 aliphatic heterocycles. The number of allylic oxidation sites excluding steroid dienone is 7. The molecule has 0 spiro atoms. The van der Waals surface area contributed by atoms with Gasteiger partial charge in [0.2, 0.25) is 0 Å². The molecule has 0 nitrogen and oxygen atoms in total. The first-order valence-electron chi connectivity index (χ1n) is 9.92. The molecule has 0 N–H and O–H groups in total. The fourth-order valence-electron chi connectivity index (χ4n) is 3.17. The zero-order valence-corrected chi connectivity index (χ0v) is 18.5. The fraction of sp³-hybridized carbons (Fsp3) is 0.462. The van der Waals surface area contributed by atoms with Gasteiger partial charge in [-0.15, -0.1) is 19.2 Å². The Morgan fingerprint density at radius 3 is 1.56 bits per heavy atom. The molecule has 0 aromatic carbocycles. The van der Waals surface area contributed by atoms with Crippen LogP contribution >= 0.6 is 12.6 Å². The van der Waals surface area contributed by atoms with Crippen LogP contribution in [0.1, 0.15) is 71.1 Å². The third kappa shape index (κ3) is 12.5. The predicted molar refractivity (Wildman–Crippen MR) is 129 cm³/mol. The molecular weight excluding hydrogens is 344 g/mol. The van der Waals surface area contributed by atoms with Gasteiger partial charge < -0.3 is 0 Å². The monoisotopic (exact) mass is 384 g/mol. The van der Waals surface area contributed by atoms with Gasteiger partial charge in [-0.1, -0.05) is 73.9 Å². The number of thiol groups is 1. The normalized spacial score (nSPS) is 10.9. The molecule has 0 atom stereocenters. The Kier molecular flexibility index (Phi) is 12.9. The van der Waals surface area contributed by atoms with Crippen LogP contribution in [-0.2, 0) is 0 Å². The lowest BCUT2D eigenvalue weighted by atomic mass is 9.70. The van der Waals surface area contributed by atoms with E-state index >= 15 is 0 Å². The lowest BCUT2D eigenvalue weighted by Gasteiger charge is -2.35. The van der Waals surface area contributed by atoms with E-state index in [4.69, 9.17) is 0 Å². The molecule has 0 aliphatic carbocycles. The van der Waals surface area contributed by atoms with Gasteiger partial charge in [0.25, 0.3) is 0 Å². The van der Waals surface area contributed by atoms with Crippen molar-refractivity contribution in [3.8, 4) is 0 Å². The zero-order chi connectivity index (χ0) is 20.9. The van der Waals surface area contributed by atoms with Crippen LogP contribution in [0.2, 0.25) is 0 Å². The second kappa shape index (κ2) is 13.7. The van der Waals surface area contributed by atoms with E-state index in [0.29, 0.717) is 0 Å². The Bertz CT molecular complexity index is 549. The summed E-state index contributed by atoms with van der Waals surface area (Å²) < 4.78 is 0. The molecule has 0 aliphatic rings. The van der Waals surface area contributed by atoms with E-state index in [1.54, 1.807) is 0 Å². The maximum Gasteiger partial charge on any atom is -0.0190 e. The predicted octanol–water partition coefficient (Wildman–Crippen LogP) is 8.93. The first-order chi connectivity index (χ1) is 12.6. The summed E-state index contributed by atoms with van der Waals surface area (Å²) in [7, 11) is 0. The van der Waals surface area contributed by atoms with E-state index in [0.717, 1.165) is 80.3 Å². The zero-order valence-electron chi connectivity index (χ0n) is 17.6. The fourth-order valence-corrected chi connectivity index (χ4v) is 3.28. The number of hydrogen-bond acceptors (Lipinski definition) is 1. The van der Waals surface area contributed by atoms with Gasteiger partial charge in [-0.05, 0) is 81.5 Å². The Labute approximate surface area is 174 Å². The van der Waals surface area contributed by atoms with Gasteiger partial charge in [-0.2, -0.15) is 0 Å². The smallest absolute Gasteiger partial charge is 0.0190 e. The van der Waals surface area contributed by atoms with Crippen LogP contribution in [0.4, 0.5) is 0 Å². The van der Waals surface area contributed by atoms with Gasteiger partial charge in [0.15, 0.2) is 0 Å². The van der Waals surface area contributed by atoms with E-state index < -0.39 is 0 Å². The number of hydrogen-bond donors (Lipinski definition) is 1. The summed E-state index contributed by atoms with van der Waals surface area (Å²) >= 11 is 4.30. The van der Waals surface area contributed by atoms with E-state index in [-0.39, 0.29) is 5.41 Å². The molecule has 0 saturated heterocycles. The van der Waals surface area contributed by atoms with Gasteiger partial charge in [0.05, 0.1) is 0 Å². The minimum Gasteiger partial charge on any atom is -0.148 e. The molecule has 0 bridgehead atoms. The summed E-state index contributed by atoms with van der Waals surface area (Å²) in [6, 6.07) is 0. The molecule has 27 heavy (non-hydrogen) atoms. The van der Waals surface area contributed by atoms with Crippen LogP contribution in [0.5, 0.6) is 0 Å². The van der Waals surface area contributed by atoms with Crippen LogP contribution < -0.4 is 0 Å². The van der Waals surface area contributed by atoms with Gasteiger partial charge in [-0.3, -0.25) is 0 Å². The maximum absolute atomic E-state index is 4.30. The van der Waals surface area contributed by atoms with Crippen molar-refractivity contribution >= 4 is 12.6 Å². The summed E-state index contributed by atoms with van der Waals surface area (Å²) in [4.78, 5) is 0.925. The second-order valence-corrected chi connectivity index (χ2v) is 8.63. The van der Waals surface area contributed by atoms with Gasteiger partial charge in [0.1, 0.15) is 0 Å². The minimum atomic E-state index is 0.234. The van der Waals surface area contributed by atoms with E-state index in [1.807, 2.05) is 12.2 Å². The summed E-state index contributed by atoms with van der Waals surface area (Å²) in [5, 5.41) is 0. The van der Waals surface area contributed by atoms with Crippen LogP contribution in [0.3, 0.4) is 0 Å². The van der Waals surface area contributed by atoms with Crippen molar-refractivity contribution < 1.29 is 0 Å². The third-order valence-electron chi connectivity index (χ3n) is 5.39. The third-order valence-corrected chi connectivity index (χ3v) is 5.61. The molecular formula is C26H40S. The molecule has 0 saturated carbocycles. The van der Waals surface area contributed by atoms with Crippen LogP contribution in [-0.4, -0.2) is 0 Å². The van der Waals surface area contributed by atoms with E-state index in [9.17, 15) is 0 Å². The van der Waals surface area contributed by atoms with Crippen LogP contribution in [0.15, 0.2) is 85.4 Å². The Balaban J connectivity index is 5.26. The molecule has 0 unspecified atom stereocenters. The van der Waals surface area contributed by atoms with E-state index in [1.165, 1.54) is 11.1 Å². The van der Waals surface area contributed by atoms with Crippen molar-refractivity contribution in [2.45, 2.75) is 71.1 Å². The van der Waals surface area contributed by atoms with Gasteiger partial charge in [0, 0.05) is 0 Å². The Morgan fingerprint density at radius 2 is 1.15 bits per heavy atom. The molecule has 1 heteroatoms. The van der Waals surface area contributed by atoms with E-state index in [2.05, 4.69) is 65.6 Å². The first kappa shape index (κ1) is 25.5. The molecule has 0 rings (SSSR count). The van der Waals surface area contributed by atoms with Gasteiger partial charge >= 0.3 is 0 Å². The Morgan fingerprint density at radius 1 is 0.704 bits per heavy atom. The summed E-state index contributed by atoms with van der Waals surface area (Å²) in [5.41, 5.74) is 4.99. The highest BCUT2D eigenvalue weighted by Gasteiger charge is 2.29. The standard InChI is InChI=1S/C26H40S/c1-9-22(5)14-18-26(17-13-21(3)4,19-15-23(6)10-2)20-16-24(7)11-12-25(8)27/h9-10,27H,1-3,5-8,11-20H2,4H3. The summed E-state index contributed by atoms with van der Waals surface area (Å²) in [6.45, 7) is 30.4.